The summed E-state index contributed by atoms with van der Waals surface area (Å²) in [7, 11) is 2.19. The Hall–Kier alpha value is -0.650. The highest BCUT2D eigenvalue weighted by Gasteiger charge is 2.64. The van der Waals surface area contributed by atoms with Crippen LogP contribution in [0.5, 0.6) is 11.5 Å². The summed E-state index contributed by atoms with van der Waals surface area (Å²) in [6.07, 6.45) is 5.18. The minimum atomic E-state index is -0.750. The van der Waals surface area contributed by atoms with Crippen LogP contribution in [0.1, 0.15) is 17.5 Å². The van der Waals surface area contributed by atoms with E-state index in [0.717, 1.165) is 19.4 Å². The molecule has 1 aromatic carbocycles. The van der Waals surface area contributed by atoms with Gasteiger partial charge in [-0.15, -0.1) is 0 Å². The molecule has 1 saturated heterocycles. The number of alkyl halides is 3. The summed E-state index contributed by atoms with van der Waals surface area (Å²) in [5, 5.41) is 20.6. The van der Waals surface area contributed by atoms with Crippen molar-refractivity contribution in [1.82, 2.24) is 4.90 Å². The van der Waals surface area contributed by atoms with Gasteiger partial charge in [0.1, 0.15) is 12.2 Å². The van der Waals surface area contributed by atoms with Gasteiger partial charge in [-0.05, 0) is 38.1 Å². The van der Waals surface area contributed by atoms with E-state index >= 15 is 0 Å². The zero-order valence-corrected chi connectivity index (χ0v) is 16.0. The van der Waals surface area contributed by atoms with Gasteiger partial charge < -0.3 is 19.8 Å². The van der Waals surface area contributed by atoms with Crippen molar-refractivity contribution in [2.24, 2.45) is 5.92 Å². The van der Waals surface area contributed by atoms with Crippen LogP contribution < -0.4 is 4.74 Å². The average molecular weight is 405 g/mol. The molecule has 7 heteroatoms. The largest absolute Gasteiger partial charge is 0.504 e. The molecule has 1 fully saturated rings. The standard InChI is InChI=1S/C17H19NO3.CHCl3/c1-18-7-6-17-10-3-5-13(20)16(17)21-15-12(19)4-2-9(14(15)17)8-11(10)18;2-1(3)4/h2-5,10-11,13,16,19-20H,6-8H2,1H3;1H/t10-,11+,13-,16-,17-;/m0./s1. The maximum absolute atomic E-state index is 10.4. The first-order valence-corrected chi connectivity index (χ1v) is 9.68. The SMILES string of the molecule is CN1CC[C@]23c4c5ccc(O)c4O[C@H]2[C@@H](O)C=C[C@H]3[C@H]1C5.ClC(Cl)Cl. The minimum absolute atomic E-state index is 0.160. The second-order valence-electron chi connectivity index (χ2n) is 7.18. The van der Waals surface area contributed by atoms with Crippen LogP contribution in [-0.2, 0) is 11.8 Å². The van der Waals surface area contributed by atoms with Crippen molar-refractivity contribution in [2.75, 3.05) is 13.6 Å². The van der Waals surface area contributed by atoms with Crippen molar-refractivity contribution >= 4 is 34.8 Å². The van der Waals surface area contributed by atoms with Gasteiger partial charge in [0.25, 0.3) is 0 Å². The highest BCUT2D eigenvalue weighted by Crippen LogP contribution is 2.62. The van der Waals surface area contributed by atoms with Gasteiger partial charge in [0.05, 0.1) is 0 Å². The number of piperidine rings is 1. The summed E-state index contributed by atoms with van der Waals surface area (Å²) >= 11 is 14.4. The Bertz CT molecular complexity index is 723. The fourth-order valence-electron chi connectivity index (χ4n) is 5.24. The third kappa shape index (κ3) is 2.49. The third-order valence-corrected chi connectivity index (χ3v) is 6.15. The monoisotopic (exact) mass is 403 g/mol. The smallest absolute Gasteiger partial charge is 0.180 e. The Labute approximate surface area is 161 Å². The molecule has 0 radical (unpaired) electrons. The maximum Gasteiger partial charge on any atom is 0.180 e. The fourth-order valence-corrected chi connectivity index (χ4v) is 5.24. The first-order valence-electron chi connectivity index (χ1n) is 8.37. The van der Waals surface area contributed by atoms with Crippen molar-refractivity contribution in [2.45, 2.75) is 40.8 Å². The highest BCUT2D eigenvalue weighted by atomic mass is 35.6. The number of aliphatic hydroxyl groups is 1. The molecule has 0 aromatic heterocycles. The quantitative estimate of drug-likeness (QED) is 0.515. The lowest BCUT2D eigenvalue weighted by Gasteiger charge is -2.56. The number of benzene rings is 1. The van der Waals surface area contributed by atoms with Crippen LogP contribution in [0.4, 0.5) is 0 Å². The van der Waals surface area contributed by atoms with Crippen LogP contribution >= 0.6 is 34.8 Å². The topological polar surface area (TPSA) is 52.9 Å². The van der Waals surface area contributed by atoms with E-state index in [9.17, 15) is 10.2 Å². The summed E-state index contributed by atoms with van der Waals surface area (Å²) < 4.78 is 5.34. The van der Waals surface area contributed by atoms with E-state index in [1.165, 1.54) is 11.1 Å². The van der Waals surface area contributed by atoms with E-state index < -0.39 is 10.4 Å². The summed E-state index contributed by atoms with van der Waals surface area (Å²) in [6, 6.07) is 4.23. The molecule has 1 spiro atoms. The molecular formula is C18H20Cl3NO3. The zero-order valence-electron chi connectivity index (χ0n) is 13.7. The second kappa shape index (κ2) is 6.21. The number of nitrogens with zero attached hydrogens (tertiary/aromatic N) is 1. The molecule has 2 aliphatic heterocycles. The number of aromatic hydroxyl groups is 1. The van der Waals surface area contributed by atoms with E-state index in [1.54, 1.807) is 6.07 Å². The first-order chi connectivity index (χ1) is 11.9. The molecule has 1 aromatic rings. The molecule has 2 aliphatic carbocycles. The van der Waals surface area contributed by atoms with Crippen LogP contribution in [0.3, 0.4) is 0 Å². The van der Waals surface area contributed by atoms with Crippen LogP contribution in [0.15, 0.2) is 24.3 Å². The summed E-state index contributed by atoms with van der Waals surface area (Å²) in [5.74, 6) is 1.19. The number of likely N-dealkylation sites (N-methyl/N-ethyl adjacent to an activating group) is 1. The molecule has 2 heterocycles. The van der Waals surface area contributed by atoms with Crippen molar-refractivity contribution in [3.05, 3.63) is 35.4 Å². The number of hydrogen-bond acceptors (Lipinski definition) is 4. The lowest BCUT2D eigenvalue weighted by atomic mass is 9.53. The Kier molecular flexibility index (Phi) is 4.41. The van der Waals surface area contributed by atoms with Crippen LogP contribution in [0.2, 0.25) is 0 Å². The number of aliphatic hydroxyl groups excluding tert-OH is 1. The molecule has 25 heavy (non-hydrogen) atoms. The molecule has 4 nitrogen and oxygen atoms in total. The van der Waals surface area contributed by atoms with Crippen molar-refractivity contribution in [1.29, 1.82) is 0 Å². The molecule has 136 valence electrons. The van der Waals surface area contributed by atoms with Crippen molar-refractivity contribution in [3.8, 4) is 11.5 Å². The van der Waals surface area contributed by atoms with E-state index in [1.807, 2.05) is 12.1 Å². The summed E-state index contributed by atoms with van der Waals surface area (Å²) in [6.45, 7) is 1.01. The molecular weight excluding hydrogens is 385 g/mol. The van der Waals surface area contributed by atoms with Gasteiger partial charge in [-0.2, -0.15) is 0 Å². The minimum Gasteiger partial charge on any atom is -0.504 e. The van der Waals surface area contributed by atoms with Crippen LogP contribution in [0.25, 0.3) is 0 Å². The molecule has 2 bridgehead atoms. The van der Waals surface area contributed by atoms with E-state index in [0.29, 0.717) is 17.7 Å². The van der Waals surface area contributed by atoms with Gasteiger partial charge in [-0.1, -0.05) is 53.0 Å². The summed E-state index contributed by atoms with van der Waals surface area (Å²) in [5.41, 5.74) is 2.29. The first kappa shape index (κ1) is 17.7. The third-order valence-electron chi connectivity index (χ3n) is 6.15. The Morgan fingerprint density at radius 3 is 2.72 bits per heavy atom. The number of phenols is 1. The Morgan fingerprint density at radius 2 is 2.00 bits per heavy atom. The van der Waals surface area contributed by atoms with Crippen LogP contribution in [-0.4, -0.2) is 51.3 Å². The number of ether oxygens (including phenoxy) is 1. The Balaban J connectivity index is 0.000000358. The van der Waals surface area contributed by atoms with Gasteiger partial charge in [-0.3, -0.25) is 0 Å². The second-order valence-corrected chi connectivity index (χ2v) is 9.16. The van der Waals surface area contributed by atoms with Gasteiger partial charge in [0.15, 0.2) is 15.8 Å². The molecule has 5 rings (SSSR count). The Morgan fingerprint density at radius 1 is 1.28 bits per heavy atom. The summed E-state index contributed by atoms with van der Waals surface area (Å²) in [4.78, 5) is 2.43. The molecule has 5 atom stereocenters. The van der Waals surface area contributed by atoms with Crippen LogP contribution in [0, 0.1) is 5.92 Å². The maximum atomic E-state index is 10.4. The fraction of sp³-hybridized carbons (Fsp3) is 0.556. The highest BCUT2D eigenvalue weighted by molar-refractivity contribution is 6.63. The molecule has 2 N–H and O–H groups in total. The van der Waals surface area contributed by atoms with Gasteiger partial charge in [-0.25, -0.2) is 0 Å². The van der Waals surface area contributed by atoms with Gasteiger partial charge in [0, 0.05) is 22.9 Å². The average Bonchev–Trinajstić information content (AvgIpc) is 2.90. The molecule has 0 amide bonds. The predicted molar refractivity (Wildman–Crippen MR) is 98.9 cm³/mol. The van der Waals surface area contributed by atoms with Gasteiger partial charge >= 0.3 is 0 Å². The lowest BCUT2D eigenvalue weighted by Crippen LogP contribution is -2.64. The zero-order chi connectivity index (χ0) is 17.9. The number of likely N-dealkylation sites (tertiary alicyclic amines) is 1. The number of rotatable bonds is 0. The lowest BCUT2D eigenvalue weighted by molar-refractivity contribution is -0.0453. The molecule has 0 unspecified atom stereocenters. The van der Waals surface area contributed by atoms with E-state index in [2.05, 4.69) is 18.0 Å². The van der Waals surface area contributed by atoms with Gasteiger partial charge in [0.2, 0.25) is 0 Å². The number of phenolic OH excluding ortho intramolecular Hbond substituents is 1. The molecule has 0 saturated carbocycles. The molecule has 4 aliphatic rings. The predicted octanol–water partition coefficient (Wildman–Crippen LogP) is 3.18. The number of hydrogen-bond donors (Lipinski definition) is 2. The van der Waals surface area contributed by atoms with E-state index in [-0.39, 0.29) is 17.3 Å². The number of halogens is 3. The van der Waals surface area contributed by atoms with Crippen molar-refractivity contribution < 1.29 is 14.9 Å². The van der Waals surface area contributed by atoms with Crippen molar-refractivity contribution in [3.63, 3.8) is 0 Å². The normalized spacial score (nSPS) is 37.2. The van der Waals surface area contributed by atoms with E-state index in [4.69, 9.17) is 39.5 Å².